The van der Waals surface area contributed by atoms with Gasteiger partial charge in [0, 0.05) is 39.5 Å². The molecule has 0 aromatic carbocycles. The van der Waals surface area contributed by atoms with Gasteiger partial charge >= 0.3 is 0 Å². The summed E-state index contributed by atoms with van der Waals surface area (Å²) in [6.45, 7) is 7.11. The molecule has 2 amide bonds. The van der Waals surface area contributed by atoms with Crippen LogP contribution >= 0.6 is 0 Å². The first-order valence-corrected chi connectivity index (χ1v) is 7.31. The molecule has 5 nitrogen and oxygen atoms in total. The molecule has 1 atom stereocenters. The van der Waals surface area contributed by atoms with Gasteiger partial charge in [0.1, 0.15) is 0 Å². The van der Waals surface area contributed by atoms with Gasteiger partial charge in [0.25, 0.3) is 0 Å². The fourth-order valence-electron chi connectivity index (χ4n) is 2.54. The van der Waals surface area contributed by atoms with E-state index in [2.05, 4.69) is 6.92 Å². The molecular weight excluding hydrogens is 242 g/mol. The number of piperazine rings is 1. The van der Waals surface area contributed by atoms with Crippen LogP contribution in [0.5, 0.6) is 0 Å². The zero-order chi connectivity index (χ0) is 14.3. The van der Waals surface area contributed by atoms with E-state index >= 15 is 0 Å². The normalized spacial score (nSPS) is 17.4. The largest absolute Gasteiger partial charge is 0.339 e. The molecule has 1 aliphatic rings. The summed E-state index contributed by atoms with van der Waals surface area (Å²) in [6.07, 6.45) is 3.63. The fourth-order valence-corrected chi connectivity index (χ4v) is 2.54. The molecule has 0 aromatic rings. The SMILES string of the molecule is CCC(CCN)CCC(=O)N1CCN(C(C)=O)CC1. The van der Waals surface area contributed by atoms with E-state index in [-0.39, 0.29) is 11.8 Å². The Morgan fingerprint density at radius 2 is 1.68 bits per heavy atom. The maximum Gasteiger partial charge on any atom is 0.222 e. The summed E-state index contributed by atoms with van der Waals surface area (Å²) < 4.78 is 0. The molecule has 0 aromatic heterocycles. The summed E-state index contributed by atoms with van der Waals surface area (Å²) >= 11 is 0. The van der Waals surface area contributed by atoms with Gasteiger partial charge in [-0.05, 0) is 25.3 Å². The highest BCUT2D eigenvalue weighted by Crippen LogP contribution is 2.16. The number of hydrogen-bond donors (Lipinski definition) is 1. The molecule has 5 heteroatoms. The highest BCUT2D eigenvalue weighted by Gasteiger charge is 2.22. The number of rotatable bonds is 6. The summed E-state index contributed by atoms with van der Waals surface area (Å²) in [5, 5.41) is 0. The molecule has 2 N–H and O–H groups in total. The minimum atomic E-state index is 0.0982. The predicted octanol–water partition coefficient (Wildman–Crippen LogP) is 0.832. The molecule has 0 saturated carbocycles. The van der Waals surface area contributed by atoms with Crippen LogP contribution in [0.2, 0.25) is 0 Å². The van der Waals surface area contributed by atoms with Crippen molar-refractivity contribution in [2.24, 2.45) is 11.7 Å². The molecule has 1 aliphatic heterocycles. The van der Waals surface area contributed by atoms with Crippen LogP contribution in [0.3, 0.4) is 0 Å². The number of carbonyl (C=O) groups is 2. The first-order valence-electron chi connectivity index (χ1n) is 7.31. The second-order valence-electron chi connectivity index (χ2n) is 5.28. The highest BCUT2D eigenvalue weighted by molar-refractivity contribution is 5.77. The maximum atomic E-state index is 12.1. The summed E-state index contributed by atoms with van der Waals surface area (Å²) in [7, 11) is 0. The lowest BCUT2D eigenvalue weighted by Crippen LogP contribution is -2.50. The molecule has 110 valence electrons. The van der Waals surface area contributed by atoms with Gasteiger partial charge in [-0.25, -0.2) is 0 Å². The zero-order valence-electron chi connectivity index (χ0n) is 12.2. The summed E-state index contributed by atoms with van der Waals surface area (Å²) in [5.41, 5.74) is 5.56. The summed E-state index contributed by atoms with van der Waals surface area (Å²) in [6, 6.07) is 0. The monoisotopic (exact) mass is 269 g/mol. The van der Waals surface area contributed by atoms with Crippen LogP contribution in [-0.4, -0.2) is 54.3 Å². The minimum absolute atomic E-state index is 0.0982. The van der Waals surface area contributed by atoms with Gasteiger partial charge in [-0.2, -0.15) is 0 Å². The van der Waals surface area contributed by atoms with E-state index < -0.39 is 0 Å². The number of hydrogen-bond acceptors (Lipinski definition) is 3. The molecule has 1 unspecified atom stereocenters. The Morgan fingerprint density at radius 1 is 1.11 bits per heavy atom. The van der Waals surface area contributed by atoms with E-state index in [1.807, 2.05) is 4.90 Å². The zero-order valence-corrected chi connectivity index (χ0v) is 12.2. The van der Waals surface area contributed by atoms with Crippen molar-refractivity contribution in [2.75, 3.05) is 32.7 Å². The van der Waals surface area contributed by atoms with Crippen molar-refractivity contribution in [3.8, 4) is 0 Å². The lowest BCUT2D eigenvalue weighted by molar-refractivity contribution is -0.138. The van der Waals surface area contributed by atoms with Crippen LogP contribution in [0, 0.1) is 5.92 Å². The Morgan fingerprint density at radius 3 is 2.16 bits per heavy atom. The molecule has 1 fully saturated rings. The second kappa shape index (κ2) is 8.15. The third-order valence-corrected chi connectivity index (χ3v) is 4.00. The van der Waals surface area contributed by atoms with Crippen molar-refractivity contribution in [1.29, 1.82) is 0 Å². The van der Waals surface area contributed by atoms with E-state index in [1.54, 1.807) is 11.8 Å². The van der Waals surface area contributed by atoms with E-state index in [9.17, 15) is 9.59 Å². The van der Waals surface area contributed by atoms with E-state index in [1.165, 1.54) is 0 Å². The fraction of sp³-hybridized carbons (Fsp3) is 0.857. The van der Waals surface area contributed by atoms with Gasteiger partial charge < -0.3 is 15.5 Å². The van der Waals surface area contributed by atoms with Crippen molar-refractivity contribution in [2.45, 2.75) is 39.5 Å². The lowest BCUT2D eigenvalue weighted by Gasteiger charge is -2.34. The summed E-state index contributed by atoms with van der Waals surface area (Å²) in [5.74, 6) is 0.882. The second-order valence-corrected chi connectivity index (χ2v) is 5.28. The van der Waals surface area contributed by atoms with Crippen LogP contribution in [0.25, 0.3) is 0 Å². The number of amides is 2. The molecule has 1 heterocycles. The van der Waals surface area contributed by atoms with Gasteiger partial charge in [0.05, 0.1) is 0 Å². The third-order valence-electron chi connectivity index (χ3n) is 4.00. The molecule has 1 saturated heterocycles. The van der Waals surface area contributed by atoms with Crippen LogP contribution in [0.1, 0.15) is 39.5 Å². The summed E-state index contributed by atoms with van der Waals surface area (Å²) in [4.78, 5) is 27.0. The lowest BCUT2D eigenvalue weighted by atomic mass is 9.96. The van der Waals surface area contributed by atoms with Crippen molar-refractivity contribution in [3.63, 3.8) is 0 Å². The maximum absolute atomic E-state index is 12.1. The number of carbonyl (C=O) groups excluding carboxylic acids is 2. The van der Waals surface area contributed by atoms with Gasteiger partial charge in [-0.15, -0.1) is 0 Å². The van der Waals surface area contributed by atoms with Gasteiger partial charge in [-0.3, -0.25) is 9.59 Å². The molecule has 0 radical (unpaired) electrons. The van der Waals surface area contributed by atoms with Crippen LogP contribution in [-0.2, 0) is 9.59 Å². The van der Waals surface area contributed by atoms with Gasteiger partial charge in [0.2, 0.25) is 11.8 Å². The number of nitrogens with two attached hydrogens (primary N) is 1. The first-order chi connectivity index (χ1) is 9.08. The Bertz CT molecular complexity index is 299. The van der Waals surface area contributed by atoms with E-state index in [0.29, 0.717) is 45.1 Å². The first kappa shape index (κ1) is 16.0. The predicted molar refractivity (Wildman–Crippen MR) is 75.5 cm³/mol. The quantitative estimate of drug-likeness (QED) is 0.777. The Balaban J connectivity index is 2.29. The van der Waals surface area contributed by atoms with E-state index in [0.717, 1.165) is 19.3 Å². The molecule has 0 bridgehead atoms. The number of nitrogens with zero attached hydrogens (tertiary/aromatic N) is 2. The average molecular weight is 269 g/mol. The van der Waals surface area contributed by atoms with E-state index in [4.69, 9.17) is 5.73 Å². The van der Waals surface area contributed by atoms with Crippen molar-refractivity contribution in [1.82, 2.24) is 9.80 Å². The molecule has 19 heavy (non-hydrogen) atoms. The Hall–Kier alpha value is -1.10. The van der Waals surface area contributed by atoms with Crippen molar-refractivity contribution in [3.05, 3.63) is 0 Å². The average Bonchev–Trinajstić information content (AvgIpc) is 2.43. The smallest absolute Gasteiger partial charge is 0.222 e. The standard InChI is InChI=1S/C14H27N3O2/c1-3-13(6-7-15)4-5-14(19)17-10-8-16(9-11-17)12(2)18/h13H,3-11,15H2,1-2H3. The Labute approximate surface area is 116 Å². The molecule has 0 spiro atoms. The van der Waals surface area contributed by atoms with Crippen LogP contribution in [0.4, 0.5) is 0 Å². The van der Waals surface area contributed by atoms with Crippen molar-refractivity contribution >= 4 is 11.8 Å². The topological polar surface area (TPSA) is 66.6 Å². The van der Waals surface area contributed by atoms with Crippen LogP contribution in [0.15, 0.2) is 0 Å². The third kappa shape index (κ3) is 5.19. The Kier molecular flexibility index (Phi) is 6.84. The highest BCUT2D eigenvalue weighted by atomic mass is 16.2. The van der Waals surface area contributed by atoms with Crippen molar-refractivity contribution < 1.29 is 9.59 Å². The van der Waals surface area contributed by atoms with Crippen LogP contribution < -0.4 is 5.73 Å². The van der Waals surface area contributed by atoms with Gasteiger partial charge in [-0.1, -0.05) is 13.3 Å². The molecule has 0 aliphatic carbocycles. The van der Waals surface area contributed by atoms with Gasteiger partial charge in [0.15, 0.2) is 0 Å². The molecule has 1 rings (SSSR count). The molecular formula is C14H27N3O2. The minimum Gasteiger partial charge on any atom is -0.339 e.